The van der Waals surface area contributed by atoms with Gasteiger partial charge in [0.15, 0.2) is 5.96 Å². The van der Waals surface area contributed by atoms with E-state index in [1.165, 1.54) is 17.0 Å². The van der Waals surface area contributed by atoms with Crippen LogP contribution >= 0.6 is 0 Å². The maximum atomic E-state index is 14.0. The minimum atomic E-state index is -0.928. The molecule has 0 saturated heterocycles. The van der Waals surface area contributed by atoms with Crippen LogP contribution in [0.2, 0.25) is 0 Å². The minimum Gasteiger partial charge on any atom is -0.487 e. The van der Waals surface area contributed by atoms with Crippen LogP contribution in [0.15, 0.2) is 23.2 Å². The fraction of sp³-hybridized carbons (Fsp3) is 0.593. The number of guanidine groups is 1. The number of carbonyl (C=O) groups excluding carboxylic acids is 2. The van der Waals surface area contributed by atoms with E-state index in [-0.39, 0.29) is 53.9 Å². The summed E-state index contributed by atoms with van der Waals surface area (Å²) in [6.07, 6.45) is 7.88. The summed E-state index contributed by atoms with van der Waals surface area (Å²) in [5.74, 6) is 2.18. The summed E-state index contributed by atoms with van der Waals surface area (Å²) in [6, 6.07) is 3.65. The van der Waals surface area contributed by atoms with Gasteiger partial charge >= 0.3 is 0 Å². The zero-order chi connectivity index (χ0) is 26.3. The van der Waals surface area contributed by atoms with E-state index in [1.54, 1.807) is 13.2 Å². The molecule has 3 aliphatic rings. The van der Waals surface area contributed by atoms with Gasteiger partial charge in [-0.15, -0.1) is 6.42 Å². The third kappa shape index (κ3) is 5.05. The number of nitrogens with two attached hydrogens (primary N) is 1. The van der Waals surface area contributed by atoms with E-state index >= 15 is 0 Å². The van der Waals surface area contributed by atoms with E-state index < -0.39 is 11.1 Å². The van der Waals surface area contributed by atoms with Gasteiger partial charge in [-0.3, -0.25) is 14.5 Å². The molecule has 1 aliphatic carbocycles. The molecule has 4 rings (SSSR count). The molecule has 8 nitrogen and oxygen atoms in total. The Labute approximate surface area is 211 Å². The number of methoxy groups -OCH3 is 1. The van der Waals surface area contributed by atoms with E-state index in [2.05, 4.69) is 16.2 Å². The number of carbonyl (C=O) groups is 2. The van der Waals surface area contributed by atoms with Crippen LogP contribution in [0, 0.1) is 30.0 Å². The van der Waals surface area contributed by atoms with E-state index in [4.69, 9.17) is 21.6 Å². The molecule has 194 valence electrons. The molecule has 36 heavy (non-hydrogen) atoms. The summed E-state index contributed by atoms with van der Waals surface area (Å²) in [5, 5.41) is 3.11. The topological polar surface area (TPSA) is 106 Å². The van der Waals surface area contributed by atoms with Crippen molar-refractivity contribution in [1.29, 1.82) is 0 Å². The van der Waals surface area contributed by atoms with Crippen molar-refractivity contribution in [3.05, 3.63) is 29.6 Å². The molecular weight excluding hydrogens is 463 g/mol. The Hall–Kier alpha value is -3.12. The first-order valence-corrected chi connectivity index (χ1v) is 12.5. The molecular formula is C27H35FN4O4. The zero-order valence-corrected chi connectivity index (χ0v) is 21.3. The van der Waals surface area contributed by atoms with Crippen LogP contribution in [0.25, 0.3) is 0 Å². The first kappa shape index (κ1) is 26.0. The molecule has 2 heterocycles. The van der Waals surface area contributed by atoms with Crippen LogP contribution in [0.5, 0.6) is 5.75 Å². The van der Waals surface area contributed by atoms with Crippen LogP contribution in [0.1, 0.15) is 64.5 Å². The fourth-order valence-electron chi connectivity index (χ4n) is 5.47. The van der Waals surface area contributed by atoms with Gasteiger partial charge in [0.2, 0.25) is 11.8 Å². The quantitative estimate of drug-likeness (QED) is 0.536. The molecule has 0 radical (unpaired) electrons. The molecule has 1 aromatic carbocycles. The van der Waals surface area contributed by atoms with Crippen LogP contribution in [0.3, 0.4) is 0 Å². The van der Waals surface area contributed by atoms with E-state index in [0.717, 1.165) is 0 Å². The van der Waals surface area contributed by atoms with Crippen LogP contribution in [0.4, 0.5) is 4.39 Å². The highest BCUT2D eigenvalue weighted by atomic mass is 19.1. The van der Waals surface area contributed by atoms with Gasteiger partial charge in [-0.2, -0.15) is 0 Å². The SMILES string of the molecule is C#C[C@@]1(CC)CC(=O)N([C@H](CCOC)[C@H]2CC2C(=O)NC2CC(C)(C)Oc3ccc(F)cc32)C(N)=N1. The predicted molar refractivity (Wildman–Crippen MR) is 133 cm³/mol. The molecule has 9 heteroatoms. The van der Waals surface area contributed by atoms with Crippen LogP contribution in [-0.4, -0.2) is 53.6 Å². The second-order valence-electron chi connectivity index (χ2n) is 10.6. The summed E-state index contributed by atoms with van der Waals surface area (Å²) in [7, 11) is 1.59. The lowest BCUT2D eigenvalue weighted by Gasteiger charge is -2.39. The number of nitrogens with zero attached hydrogens (tertiary/aromatic N) is 2. The molecule has 1 aromatic rings. The summed E-state index contributed by atoms with van der Waals surface area (Å²) in [6.45, 7) is 6.16. The number of fused-ring (bicyclic) bond motifs is 1. The zero-order valence-electron chi connectivity index (χ0n) is 21.3. The molecule has 2 unspecified atom stereocenters. The Bertz CT molecular complexity index is 1110. The number of amides is 2. The van der Waals surface area contributed by atoms with Crippen molar-refractivity contribution in [2.24, 2.45) is 22.6 Å². The number of hydrogen-bond acceptors (Lipinski definition) is 6. The van der Waals surface area contributed by atoms with Gasteiger partial charge in [0.25, 0.3) is 0 Å². The van der Waals surface area contributed by atoms with Gasteiger partial charge in [0, 0.05) is 37.7 Å². The van der Waals surface area contributed by atoms with Gasteiger partial charge in [-0.05, 0) is 57.2 Å². The van der Waals surface area contributed by atoms with Crippen LogP contribution < -0.4 is 15.8 Å². The second-order valence-corrected chi connectivity index (χ2v) is 10.6. The first-order chi connectivity index (χ1) is 17.0. The van der Waals surface area contributed by atoms with Gasteiger partial charge < -0.3 is 20.5 Å². The molecule has 5 atom stereocenters. The number of benzene rings is 1. The maximum Gasteiger partial charge on any atom is 0.233 e. The van der Waals surface area contributed by atoms with Crippen molar-refractivity contribution in [2.45, 2.75) is 76.1 Å². The third-order valence-electron chi connectivity index (χ3n) is 7.51. The lowest BCUT2D eigenvalue weighted by atomic mass is 9.89. The van der Waals surface area contributed by atoms with Gasteiger partial charge in [-0.25, -0.2) is 9.38 Å². The number of terminal acetylenes is 1. The summed E-state index contributed by atoms with van der Waals surface area (Å²) in [5.41, 5.74) is 5.46. The fourth-order valence-corrected chi connectivity index (χ4v) is 5.47. The molecule has 0 bridgehead atoms. The van der Waals surface area contributed by atoms with E-state index in [9.17, 15) is 14.0 Å². The maximum absolute atomic E-state index is 14.0. The number of hydrogen-bond donors (Lipinski definition) is 2. The van der Waals surface area contributed by atoms with Crippen molar-refractivity contribution in [3.8, 4) is 18.1 Å². The average Bonchev–Trinajstić information content (AvgIpc) is 3.61. The Morgan fingerprint density at radius 2 is 2.22 bits per heavy atom. The lowest BCUT2D eigenvalue weighted by molar-refractivity contribution is -0.132. The molecule has 1 fully saturated rings. The molecule has 1 saturated carbocycles. The molecule has 0 spiro atoms. The van der Waals surface area contributed by atoms with Gasteiger partial charge in [0.1, 0.15) is 22.7 Å². The van der Waals surface area contributed by atoms with E-state index in [1.807, 2.05) is 20.8 Å². The summed E-state index contributed by atoms with van der Waals surface area (Å²) >= 11 is 0. The number of aliphatic imine (C=N–C) groups is 1. The highest BCUT2D eigenvalue weighted by Gasteiger charge is 2.53. The monoisotopic (exact) mass is 498 g/mol. The highest BCUT2D eigenvalue weighted by molar-refractivity contribution is 6.00. The normalized spacial score (nSPS) is 29.3. The Kier molecular flexibility index (Phi) is 7.02. The largest absolute Gasteiger partial charge is 0.487 e. The van der Waals surface area contributed by atoms with Crippen molar-refractivity contribution in [2.75, 3.05) is 13.7 Å². The highest BCUT2D eigenvalue weighted by Crippen LogP contribution is 2.47. The van der Waals surface area contributed by atoms with Crippen LogP contribution in [-0.2, 0) is 14.3 Å². The lowest BCUT2D eigenvalue weighted by Crippen LogP contribution is -2.56. The average molecular weight is 499 g/mol. The smallest absolute Gasteiger partial charge is 0.233 e. The second kappa shape index (κ2) is 9.74. The Morgan fingerprint density at radius 3 is 2.86 bits per heavy atom. The molecule has 2 amide bonds. The van der Waals surface area contributed by atoms with E-state index in [0.29, 0.717) is 43.6 Å². The molecule has 2 aliphatic heterocycles. The number of ether oxygens (including phenoxy) is 2. The van der Waals surface area contributed by atoms with Gasteiger partial charge in [-0.1, -0.05) is 12.8 Å². The molecule has 0 aromatic heterocycles. The summed E-state index contributed by atoms with van der Waals surface area (Å²) < 4.78 is 25.3. The number of halogens is 1. The van der Waals surface area contributed by atoms with Crippen molar-refractivity contribution < 1.29 is 23.5 Å². The predicted octanol–water partition coefficient (Wildman–Crippen LogP) is 2.91. The van der Waals surface area contributed by atoms with Crippen molar-refractivity contribution in [1.82, 2.24) is 10.2 Å². The van der Waals surface area contributed by atoms with Crippen molar-refractivity contribution >= 4 is 17.8 Å². The summed E-state index contributed by atoms with van der Waals surface area (Å²) in [4.78, 5) is 32.5. The van der Waals surface area contributed by atoms with Crippen molar-refractivity contribution in [3.63, 3.8) is 0 Å². The number of rotatable bonds is 8. The minimum absolute atomic E-state index is 0.0767. The Morgan fingerprint density at radius 1 is 1.47 bits per heavy atom. The Balaban J connectivity index is 1.52. The standard InChI is InChI=1S/C27H35FN4O4/c1-6-27(7-2)15-23(33)32(25(29)31-27)21(10-11-35-5)17-13-18(17)24(34)30-20-14-26(3,4)36-22-9-8-16(28)12-19(20)22/h1,8-9,12,17-18,20-21H,7,10-11,13-15H2,2-5H3,(H2,29,31)(H,30,34)/t17-,18?,20?,21+,27+/m0/s1. The molecule has 3 N–H and O–H groups in total. The first-order valence-electron chi connectivity index (χ1n) is 12.5. The van der Waals surface area contributed by atoms with Gasteiger partial charge in [0.05, 0.1) is 12.5 Å². The third-order valence-corrected chi connectivity index (χ3v) is 7.51. The number of nitrogens with one attached hydrogen (secondary N) is 1.